The third-order valence-electron chi connectivity index (χ3n) is 7.17. The van der Waals surface area contributed by atoms with Crippen LogP contribution in [-0.2, 0) is 27.3 Å². The molecule has 0 saturated carbocycles. The number of hydrogen-bond donors (Lipinski definition) is 0. The minimum atomic E-state index is -0.473. The Hall–Kier alpha value is -2.48. The Morgan fingerprint density at radius 1 is 1.00 bits per heavy atom. The molecule has 36 heavy (non-hydrogen) atoms. The van der Waals surface area contributed by atoms with Gasteiger partial charge < -0.3 is 19.4 Å². The van der Waals surface area contributed by atoms with Crippen LogP contribution in [0.5, 0.6) is 0 Å². The predicted molar refractivity (Wildman–Crippen MR) is 140 cm³/mol. The Kier molecular flexibility index (Phi) is 9.35. The van der Waals surface area contributed by atoms with E-state index in [0.717, 1.165) is 63.2 Å². The summed E-state index contributed by atoms with van der Waals surface area (Å²) in [5, 5.41) is 0.256. The summed E-state index contributed by atoms with van der Waals surface area (Å²) in [6, 6.07) is 12.7. The molecule has 0 unspecified atom stereocenters. The van der Waals surface area contributed by atoms with Crippen molar-refractivity contribution < 1.29 is 18.7 Å². The summed E-state index contributed by atoms with van der Waals surface area (Å²) in [6.07, 6.45) is 3.57. The van der Waals surface area contributed by atoms with Crippen molar-refractivity contribution >= 4 is 29.1 Å². The molecule has 2 aliphatic heterocycles. The molecule has 194 valence electrons. The lowest BCUT2D eigenvalue weighted by molar-refractivity contribution is -0.131. The fourth-order valence-corrected chi connectivity index (χ4v) is 5.47. The number of hydrogen-bond acceptors (Lipinski definition) is 4. The number of fused-ring (bicyclic) bond motifs is 1. The smallest absolute Gasteiger partial charge is 0.227 e. The fraction of sp³-hybridized carbons (Fsp3) is 0.500. The number of rotatable bonds is 3. The van der Waals surface area contributed by atoms with Crippen molar-refractivity contribution in [1.29, 1.82) is 0 Å². The minimum absolute atomic E-state index is 0.0202. The number of anilines is 1. The molecule has 0 radical (unpaired) electrons. The Morgan fingerprint density at radius 3 is 2.44 bits per heavy atom. The zero-order chi connectivity index (χ0) is 25.5. The molecule has 0 aliphatic carbocycles. The Balaban J connectivity index is 1.61. The van der Waals surface area contributed by atoms with Gasteiger partial charge in [-0.1, -0.05) is 35.9 Å². The third kappa shape index (κ3) is 6.64. The van der Waals surface area contributed by atoms with E-state index in [1.807, 2.05) is 29.2 Å². The summed E-state index contributed by atoms with van der Waals surface area (Å²) in [6.45, 7) is 6.37. The molecule has 1 saturated heterocycles. The van der Waals surface area contributed by atoms with Crippen LogP contribution in [0.25, 0.3) is 0 Å². The highest BCUT2D eigenvalue weighted by Gasteiger charge is 2.25. The number of carbonyl (C=O) groups excluding carboxylic acids is 2. The fourth-order valence-electron chi connectivity index (χ4n) is 5.24. The summed E-state index contributed by atoms with van der Waals surface area (Å²) < 4.78 is 20.0. The van der Waals surface area contributed by atoms with Crippen LogP contribution in [0.1, 0.15) is 43.7 Å². The van der Waals surface area contributed by atoms with Gasteiger partial charge in [0.2, 0.25) is 11.8 Å². The Labute approximate surface area is 218 Å². The van der Waals surface area contributed by atoms with Crippen molar-refractivity contribution in [2.75, 3.05) is 44.3 Å². The van der Waals surface area contributed by atoms with Crippen molar-refractivity contribution in [3.05, 3.63) is 64.4 Å². The second-order valence-electron chi connectivity index (χ2n) is 9.58. The van der Waals surface area contributed by atoms with E-state index in [4.69, 9.17) is 16.3 Å². The maximum Gasteiger partial charge on any atom is 0.227 e. The van der Waals surface area contributed by atoms with Gasteiger partial charge in [0.25, 0.3) is 0 Å². The largest absolute Gasteiger partial charge is 0.381 e. The first-order chi connectivity index (χ1) is 17.4. The van der Waals surface area contributed by atoms with Crippen molar-refractivity contribution in [2.45, 2.75) is 51.6 Å². The van der Waals surface area contributed by atoms with Crippen LogP contribution in [0.2, 0.25) is 5.02 Å². The molecular weight excluding hydrogens is 481 g/mol. The van der Waals surface area contributed by atoms with Crippen LogP contribution in [0.3, 0.4) is 0 Å². The van der Waals surface area contributed by atoms with Crippen LogP contribution in [0, 0.1) is 5.82 Å². The van der Waals surface area contributed by atoms with E-state index in [1.54, 1.807) is 24.0 Å². The lowest BCUT2D eigenvalue weighted by Crippen LogP contribution is -2.44. The molecule has 8 heteroatoms. The molecule has 2 amide bonds. The standard InChI is InChI=1S/C28H35ClFN3O3/c1-21(34)33-16-6-14-31(23-11-17-36-18-12-23)13-5-15-32(20-22-7-2-3-10-27(22)33)28(35)19-24-25(29)8-4-9-26(24)30/h2-4,7-10,23H,5-6,11-20H2,1H3. The topological polar surface area (TPSA) is 53.1 Å². The van der Waals surface area contributed by atoms with Gasteiger partial charge in [0.1, 0.15) is 5.82 Å². The van der Waals surface area contributed by atoms with Crippen LogP contribution < -0.4 is 4.90 Å². The van der Waals surface area contributed by atoms with Crippen LogP contribution in [0.4, 0.5) is 10.1 Å². The number of ether oxygens (including phenoxy) is 1. The second kappa shape index (κ2) is 12.7. The normalized spacial score (nSPS) is 18.8. The lowest BCUT2D eigenvalue weighted by atomic mass is 10.1. The van der Waals surface area contributed by atoms with Gasteiger partial charge in [-0.2, -0.15) is 0 Å². The van der Waals surface area contributed by atoms with Gasteiger partial charge in [0.05, 0.1) is 6.42 Å². The number of halogens is 2. The van der Waals surface area contributed by atoms with E-state index in [-0.39, 0.29) is 28.8 Å². The van der Waals surface area contributed by atoms with Gasteiger partial charge in [-0.05, 0) is 49.4 Å². The second-order valence-corrected chi connectivity index (χ2v) is 9.99. The zero-order valence-corrected chi connectivity index (χ0v) is 21.7. The third-order valence-corrected chi connectivity index (χ3v) is 7.53. The SMILES string of the molecule is CC(=O)N1CCCN(C2CCOCC2)CCCN(C(=O)Cc2c(F)cccc2Cl)Cc2ccccc21. The van der Waals surface area contributed by atoms with Gasteiger partial charge in [-0.3, -0.25) is 9.59 Å². The predicted octanol–water partition coefficient (Wildman–Crippen LogP) is 4.68. The molecule has 0 atom stereocenters. The van der Waals surface area contributed by atoms with E-state index in [9.17, 15) is 14.0 Å². The Bertz CT molecular complexity index is 1040. The highest BCUT2D eigenvalue weighted by atomic mass is 35.5. The van der Waals surface area contributed by atoms with E-state index >= 15 is 0 Å². The van der Waals surface area contributed by atoms with Gasteiger partial charge in [0, 0.05) is 75.2 Å². The average molecular weight is 516 g/mol. The van der Waals surface area contributed by atoms with Gasteiger partial charge >= 0.3 is 0 Å². The monoisotopic (exact) mass is 515 g/mol. The summed E-state index contributed by atoms with van der Waals surface area (Å²) in [5.74, 6) is -0.673. The van der Waals surface area contributed by atoms with Crippen LogP contribution in [-0.4, -0.2) is 67.0 Å². The number of benzene rings is 2. The summed E-state index contributed by atoms with van der Waals surface area (Å²) in [5.41, 5.74) is 1.95. The first-order valence-corrected chi connectivity index (χ1v) is 13.2. The average Bonchev–Trinajstić information content (AvgIpc) is 2.87. The van der Waals surface area contributed by atoms with E-state index in [0.29, 0.717) is 25.7 Å². The molecule has 0 N–H and O–H groups in total. The molecule has 0 aromatic heterocycles. The number of nitrogens with zero attached hydrogens (tertiary/aromatic N) is 3. The number of carbonyl (C=O) groups is 2. The Morgan fingerprint density at radius 2 is 1.72 bits per heavy atom. The van der Waals surface area contributed by atoms with E-state index in [1.165, 1.54) is 6.07 Å². The van der Waals surface area contributed by atoms with Crippen molar-refractivity contribution in [2.24, 2.45) is 0 Å². The van der Waals surface area contributed by atoms with Crippen LogP contribution in [0.15, 0.2) is 42.5 Å². The quantitative estimate of drug-likeness (QED) is 0.595. The molecule has 2 aromatic carbocycles. The minimum Gasteiger partial charge on any atom is -0.381 e. The lowest BCUT2D eigenvalue weighted by Gasteiger charge is -2.36. The van der Waals surface area contributed by atoms with E-state index in [2.05, 4.69) is 4.90 Å². The molecule has 2 aromatic rings. The van der Waals surface area contributed by atoms with Gasteiger partial charge in [-0.25, -0.2) is 4.39 Å². The zero-order valence-electron chi connectivity index (χ0n) is 20.9. The maximum absolute atomic E-state index is 14.5. The molecule has 0 bridgehead atoms. The number of para-hydroxylation sites is 1. The summed E-state index contributed by atoms with van der Waals surface area (Å²) >= 11 is 6.23. The molecule has 1 fully saturated rings. The summed E-state index contributed by atoms with van der Waals surface area (Å²) in [7, 11) is 0. The molecule has 6 nitrogen and oxygen atoms in total. The molecule has 0 spiro atoms. The van der Waals surface area contributed by atoms with Crippen LogP contribution >= 0.6 is 11.6 Å². The summed E-state index contributed by atoms with van der Waals surface area (Å²) in [4.78, 5) is 32.2. The molecule has 4 rings (SSSR count). The van der Waals surface area contributed by atoms with E-state index < -0.39 is 5.82 Å². The highest BCUT2D eigenvalue weighted by Crippen LogP contribution is 2.26. The first kappa shape index (κ1) is 26.6. The number of amides is 2. The first-order valence-electron chi connectivity index (χ1n) is 12.8. The molecule has 2 heterocycles. The molecular formula is C28H35ClFN3O3. The van der Waals surface area contributed by atoms with Crippen molar-refractivity contribution in [3.8, 4) is 0 Å². The maximum atomic E-state index is 14.5. The van der Waals surface area contributed by atoms with Crippen molar-refractivity contribution in [3.63, 3.8) is 0 Å². The highest BCUT2D eigenvalue weighted by molar-refractivity contribution is 6.31. The van der Waals surface area contributed by atoms with Gasteiger partial charge in [-0.15, -0.1) is 0 Å². The molecule has 2 aliphatic rings. The van der Waals surface area contributed by atoms with Crippen molar-refractivity contribution in [1.82, 2.24) is 9.80 Å². The van der Waals surface area contributed by atoms with Gasteiger partial charge in [0.15, 0.2) is 0 Å².